The van der Waals surface area contributed by atoms with E-state index < -0.39 is 5.97 Å². The minimum absolute atomic E-state index is 0.0236. The summed E-state index contributed by atoms with van der Waals surface area (Å²) < 4.78 is 22.4. The van der Waals surface area contributed by atoms with Gasteiger partial charge in [-0.15, -0.1) is 0 Å². The van der Waals surface area contributed by atoms with Crippen LogP contribution in [0.3, 0.4) is 0 Å². The Morgan fingerprint density at radius 2 is 0.946 bits per heavy atom. The monoisotopic (exact) mass is 791 g/mol. The van der Waals surface area contributed by atoms with Crippen LogP contribution >= 0.6 is 0 Å². The molecule has 1 aromatic carbocycles. The number of esters is 4. The van der Waals surface area contributed by atoms with Crippen molar-refractivity contribution in [2.24, 2.45) is 23.7 Å². The molecule has 1 unspecified atom stereocenters. The largest absolute Gasteiger partial charge is 0.478 e. The number of aryl methyl sites for hydroxylation is 1. The van der Waals surface area contributed by atoms with Crippen LogP contribution in [-0.2, 0) is 44.5 Å². The molecule has 0 aromatic heterocycles. The molecule has 1 aliphatic rings. The molecule has 0 amide bonds. The molecule has 0 aliphatic carbocycles. The Balaban J connectivity index is 2.49. The quantitative estimate of drug-likeness (QED) is 0.140. The molecule has 14 heteroatoms. The highest BCUT2D eigenvalue weighted by Crippen LogP contribution is 2.16. The second kappa shape index (κ2) is 26.4. The lowest BCUT2D eigenvalue weighted by Gasteiger charge is -2.38. The number of benzene rings is 1. The van der Waals surface area contributed by atoms with Crippen molar-refractivity contribution in [2.75, 3.05) is 98.4 Å². The Morgan fingerprint density at radius 3 is 1.36 bits per heavy atom. The lowest BCUT2D eigenvalue weighted by atomic mass is 10.0. The van der Waals surface area contributed by atoms with E-state index in [1.54, 1.807) is 12.1 Å². The topological polar surface area (TPSA) is 155 Å². The highest BCUT2D eigenvalue weighted by Gasteiger charge is 2.28. The van der Waals surface area contributed by atoms with Crippen LogP contribution < -0.4 is 0 Å². The van der Waals surface area contributed by atoms with Crippen LogP contribution in [0.2, 0.25) is 0 Å². The van der Waals surface area contributed by atoms with Crippen LogP contribution in [0.25, 0.3) is 0 Å². The van der Waals surface area contributed by atoms with Gasteiger partial charge >= 0.3 is 29.8 Å². The van der Waals surface area contributed by atoms with Crippen LogP contribution in [0.15, 0.2) is 24.3 Å². The number of hydrogen-bond donors (Lipinski definition) is 1. The van der Waals surface area contributed by atoms with Gasteiger partial charge in [-0.25, -0.2) is 4.79 Å². The summed E-state index contributed by atoms with van der Waals surface area (Å²) in [4.78, 5) is 72.1. The van der Waals surface area contributed by atoms with E-state index in [1.807, 2.05) is 82.2 Å². The molecular formula is C42H70N4O10. The molecule has 0 bridgehead atoms. The number of carbonyl (C=O) groups is 5. The van der Waals surface area contributed by atoms with Gasteiger partial charge in [0.25, 0.3) is 0 Å². The molecule has 1 saturated heterocycles. The molecule has 1 N–H and O–H groups in total. The summed E-state index contributed by atoms with van der Waals surface area (Å²) in [5, 5.41) is 9.35. The first kappa shape index (κ1) is 48.6. The Morgan fingerprint density at radius 1 is 0.571 bits per heavy atom. The molecule has 56 heavy (non-hydrogen) atoms. The van der Waals surface area contributed by atoms with Gasteiger partial charge in [0.2, 0.25) is 0 Å². The Labute approximate surface area is 335 Å². The zero-order valence-corrected chi connectivity index (χ0v) is 35.3. The Kier molecular flexibility index (Phi) is 22.9. The fourth-order valence-corrected chi connectivity index (χ4v) is 5.98. The van der Waals surface area contributed by atoms with Gasteiger partial charge in [-0.1, -0.05) is 67.5 Å². The zero-order valence-electron chi connectivity index (χ0n) is 35.3. The summed E-state index contributed by atoms with van der Waals surface area (Å²) in [6.45, 7) is 20.3. The summed E-state index contributed by atoms with van der Waals surface area (Å²) >= 11 is 0. The second-order valence-electron chi connectivity index (χ2n) is 16.6. The van der Waals surface area contributed by atoms with Crippen LogP contribution in [-0.4, -0.2) is 159 Å². The Bertz CT molecular complexity index is 1340. The standard InChI is InChI=1S/C42H70N4O10/c1-31(2)27-53-38(47)23-43-16-17-44(24-39(48)54-28-32(3)4)20-21-46(26-41(50)56-30-34(7)8)37(11-9-10-35-12-14-36(15-13-35)42(51)52)22-45(19-18-43)25-40(49)55-29-33(5)6/h12-15,31-34,37H,9-11,16-30H2,1-8H3,(H,51,52). The van der Waals surface area contributed by atoms with Crippen molar-refractivity contribution in [2.45, 2.75) is 80.7 Å². The maximum atomic E-state index is 13.3. The Hall–Kier alpha value is -3.59. The number of aromatic carboxylic acids is 1. The van der Waals surface area contributed by atoms with E-state index in [2.05, 4.69) is 4.90 Å². The predicted molar refractivity (Wildman–Crippen MR) is 214 cm³/mol. The first-order valence-corrected chi connectivity index (χ1v) is 20.4. The van der Waals surface area contributed by atoms with Gasteiger partial charge in [-0.2, -0.15) is 0 Å². The van der Waals surface area contributed by atoms with Gasteiger partial charge in [0.15, 0.2) is 0 Å². The van der Waals surface area contributed by atoms with Crippen molar-refractivity contribution in [3.05, 3.63) is 35.4 Å². The van der Waals surface area contributed by atoms with Gasteiger partial charge in [-0.3, -0.25) is 38.8 Å². The third kappa shape index (κ3) is 21.6. The number of carboxylic acid groups (broad SMARTS) is 1. The molecular weight excluding hydrogens is 720 g/mol. The smallest absolute Gasteiger partial charge is 0.335 e. The number of ether oxygens (including phenoxy) is 4. The molecule has 0 radical (unpaired) electrons. The molecule has 14 nitrogen and oxygen atoms in total. The summed E-state index contributed by atoms with van der Waals surface area (Å²) in [7, 11) is 0. The van der Waals surface area contributed by atoms with Crippen molar-refractivity contribution >= 4 is 29.8 Å². The van der Waals surface area contributed by atoms with E-state index in [9.17, 15) is 29.1 Å². The highest BCUT2D eigenvalue weighted by molar-refractivity contribution is 5.87. The minimum Gasteiger partial charge on any atom is -0.478 e. The van der Waals surface area contributed by atoms with Gasteiger partial charge < -0.3 is 24.1 Å². The van der Waals surface area contributed by atoms with E-state index in [-0.39, 0.29) is 85.3 Å². The van der Waals surface area contributed by atoms with E-state index in [4.69, 9.17) is 18.9 Å². The van der Waals surface area contributed by atoms with Crippen molar-refractivity contribution in [1.82, 2.24) is 19.6 Å². The van der Waals surface area contributed by atoms with Gasteiger partial charge in [0.1, 0.15) is 0 Å². The van der Waals surface area contributed by atoms with Crippen LogP contribution in [0.4, 0.5) is 0 Å². The second-order valence-corrected chi connectivity index (χ2v) is 16.6. The molecule has 1 atom stereocenters. The fourth-order valence-electron chi connectivity index (χ4n) is 5.98. The van der Waals surface area contributed by atoms with Crippen molar-refractivity contribution in [3.8, 4) is 0 Å². The van der Waals surface area contributed by atoms with E-state index in [0.29, 0.717) is 85.1 Å². The molecule has 1 aliphatic heterocycles. The fraction of sp³-hybridized carbons (Fsp3) is 0.738. The number of carboxylic acids is 1. The van der Waals surface area contributed by atoms with Gasteiger partial charge in [0, 0.05) is 51.9 Å². The molecule has 0 saturated carbocycles. The van der Waals surface area contributed by atoms with E-state index in [1.165, 1.54) is 0 Å². The maximum absolute atomic E-state index is 13.3. The van der Waals surface area contributed by atoms with Crippen molar-refractivity contribution < 1.29 is 48.0 Å². The molecule has 1 heterocycles. The molecule has 1 fully saturated rings. The summed E-state index contributed by atoms with van der Waals surface area (Å²) in [6.07, 6.45) is 2.05. The lowest BCUT2D eigenvalue weighted by molar-refractivity contribution is -0.149. The normalized spacial score (nSPS) is 17.1. The SMILES string of the molecule is CC(C)COC(=O)CN1CCN(CC(=O)OCC(C)C)CCN(CC(=O)OCC(C)C)C(CCCc2ccc(C(=O)O)cc2)CN(CC(=O)OCC(C)C)CC1. The van der Waals surface area contributed by atoms with E-state index in [0.717, 1.165) is 12.0 Å². The van der Waals surface area contributed by atoms with Crippen molar-refractivity contribution in [1.29, 1.82) is 0 Å². The average Bonchev–Trinajstić information content (AvgIpc) is 3.12. The first-order valence-electron chi connectivity index (χ1n) is 20.4. The predicted octanol–water partition coefficient (Wildman–Crippen LogP) is 4.09. The average molecular weight is 791 g/mol. The van der Waals surface area contributed by atoms with Crippen LogP contribution in [0, 0.1) is 23.7 Å². The van der Waals surface area contributed by atoms with Crippen molar-refractivity contribution in [3.63, 3.8) is 0 Å². The number of carbonyl (C=O) groups excluding carboxylic acids is 4. The summed E-state index contributed by atoms with van der Waals surface area (Å²) in [6, 6.07) is 6.62. The van der Waals surface area contributed by atoms with Gasteiger partial charge in [-0.05, 0) is 60.6 Å². The van der Waals surface area contributed by atoms with Crippen LogP contribution in [0.1, 0.15) is 84.2 Å². The lowest BCUT2D eigenvalue weighted by Crippen LogP contribution is -2.53. The molecule has 2 rings (SSSR count). The summed E-state index contributed by atoms with van der Waals surface area (Å²) in [5.74, 6) is -1.64. The zero-order chi connectivity index (χ0) is 41.6. The molecule has 0 spiro atoms. The third-order valence-corrected chi connectivity index (χ3v) is 9.06. The first-order chi connectivity index (χ1) is 26.5. The number of rotatable bonds is 21. The van der Waals surface area contributed by atoms with Crippen LogP contribution in [0.5, 0.6) is 0 Å². The molecule has 1 aromatic rings. The third-order valence-electron chi connectivity index (χ3n) is 9.06. The van der Waals surface area contributed by atoms with E-state index >= 15 is 0 Å². The molecule has 318 valence electrons. The number of hydrogen-bond acceptors (Lipinski definition) is 13. The van der Waals surface area contributed by atoms with Gasteiger partial charge in [0.05, 0.1) is 58.2 Å². The summed E-state index contributed by atoms with van der Waals surface area (Å²) in [5.41, 5.74) is 1.21. The highest BCUT2D eigenvalue weighted by atomic mass is 16.5. The minimum atomic E-state index is -0.981. The maximum Gasteiger partial charge on any atom is 0.335 e. The number of nitrogens with zero attached hydrogens (tertiary/aromatic N) is 4.